The first-order chi connectivity index (χ1) is 9.72. The van der Waals surface area contributed by atoms with Crippen LogP contribution < -0.4 is 10.1 Å². The average molecular weight is 267 g/mol. The van der Waals surface area contributed by atoms with E-state index in [-0.39, 0.29) is 5.91 Å². The molecule has 2 aromatic carbocycles. The van der Waals surface area contributed by atoms with E-state index in [1.807, 2.05) is 12.1 Å². The van der Waals surface area contributed by atoms with Crippen molar-refractivity contribution in [2.24, 2.45) is 0 Å². The second-order valence-electron chi connectivity index (χ2n) is 4.94. The number of amides is 1. The van der Waals surface area contributed by atoms with Crippen LogP contribution in [0.1, 0.15) is 28.4 Å². The van der Waals surface area contributed by atoms with Crippen LogP contribution in [0.25, 0.3) is 11.1 Å². The van der Waals surface area contributed by atoms with Crippen molar-refractivity contribution < 1.29 is 9.53 Å². The van der Waals surface area contributed by atoms with Crippen molar-refractivity contribution >= 4 is 5.91 Å². The highest BCUT2D eigenvalue weighted by Gasteiger charge is 2.20. The maximum absolute atomic E-state index is 12.2. The molecule has 3 heteroatoms. The molecule has 0 fully saturated rings. The van der Waals surface area contributed by atoms with Gasteiger partial charge >= 0.3 is 0 Å². The monoisotopic (exact) mass is 267 g/mol. The van der Waals surface area contributed by atoms with Gasteiger partial charge in [-0.3, -0.25) is 4.79 Å². The van der Waals surface area contributed by atoms with Crippen LogP contribution in [0.4, 0.5) is 0 Å². The molecule has 20 heavy (non-hydrogen) atoms. The van der Waals surface area contributed by atoms with Crippen LogP contribution in [0.5, 0.6) is 5.75 Å². The minimum atomic E-state index is -0.0480. The van der Waals surface area contributed by atoms with E-state index in [9.17, 15) is 4.79 Å². The number of carbonyl (C=O) groups excluding carboxylic acids is 1. The number of carbonyl (C=O) groups is 1. The molecule has 0 aliphatic carbocycles. The van der Waals surface area contributed by atoms with E-state index in [4.69, 9.17) is 4.74 Å². The van der Waals surface area contributed by atoms with Gasteiger partial charge in [-0.15, -0.1) is 0 Å². The third kappa shape index (κ3) is 2.05. The fourth-order valence-corrected chi connectivity index (χ4v) is 2.62. The summed E-state index contributed by atoms with van der Waals surface area (Å²) in [6.07, 6.45) is 0.997. The Balaban J connectivity index is 2.20. The van der Waals surface area contributed by atoms with Gasteiger partial charge in [0.2, 0.25) is 0 Å². The van der Waals surface area contributed by atoms with Gasteiger partial charge < -0.3 is 10.1 Å². The molecule has 1 heterocycles. The molecular formula is C17H17NO2. The number of ether oxygens (including phenoxy) is 1. The summed E-state index contributed by atoms with van der Waals surface area (Å²) in [4.78, 5) is 12.2. The molecule has 3 rings (SSSR count). The van der Waals surface area contributed by atoms with Crippen LogP contribution in [0.3, 0.4) is 0 Å². The molecule has 1 N–H and O–H groups in total. The zero-order chi connectivity index (χ0) is 14.1. The lowest BCUT2D eigenvalue weighted by molar-refractivity contribution is 0.0952. The van der Waals surface area contributed by atoms with Gasteiger partial charge in [-0.25, -0.2) is 0 Å². The molecule has 0 atom stereocenters. The highest BCUT2D eigenvalue weighted by atomic mass is 16.5. The minimum absolute atomic E-state index is 0.0480. The number of rotatable bonds is 2. The number of hydrogen-bond acceptors (Lipinski definition) is 2. The Labute approximate surface area is 118 Å². The Hall–Kier alpha value is -2.29. The quantitative estimate of drug-likeness (QED) is 0.907. The standard InChI is InChI=1S/C17H17NO2/c1-3-11-4-6-14-12(8-11)10-18-17(19)16-9-13(20-2)5-7-15(14)16/h4-9H,3,10H2,1-2H3,(H,18,19). The SMILES string of the molecule is CCc1ccc2c(c1)CNC(=O)c1cc(OC)ccc1-2. The van der Waals surface area contributed by atoms with E-state index in [2.05, 4.69) is 30.4 Å². The van der Waals surface area contributed by atoms with E-state index in [0.29, 0.717) is 17.9 Å². The highest BCUT2D eigenvalue weighted by molar-refractivity contribution is 6.02. The normalized spacial score (nSPS) is 13.0. The van der Waals surface area contributed by atoms with Crippen LogP contribution in [-0.2, 0) is 13.0 Å². The number of aryl methyl sites for hydroxylation is 1. The molecule has 1 aliphatic heterocycles. The highest BCUT2D eigenvalue weighted by Crippen LogP contribution is 2.32. The maximum atomic E-state index is 12.2. The summed E-state index contributed by atoms with van der Waals surface area (Å²) in [6.45, 7) is 2.70. The van der Waals surface area contributed by atoms with E-state index >= 15 is 0 Å². The number of methoxy groups -OCH3 is 1. The molecule has 0 bridgehead atoms. The zero-order valence-corrected chi connectivity index (χ0v) is 11.7. The summed E-state index contributed by atoms with van der Waals surface area (Å²) in [5.41, 5.74) is 5.22. The van der Waals surface area contributed by atoms with Crippen molar-refractivity contribution in [1.82, 2.24) is 5.32 Å². The lowest BCUT2D eigenvalue weighted by atomic mass is 9.94. The number of benzene rings is 2. The van der Waals surface area contributed by atoms with Gasteiger partial charge in [-0.1, -0.05) is 25.1 Å². The Morgan fingerprint density at radius 3 is 2.65 bits per heavy atom. The van der Waals surface area contributed by atoms with Gasteiger partial charge in [0.1, 0.15) is 5.75 Å². The Morgan fingerprint density at radius 1 is 1.10 bits per heavy atom. The summed E-state index contributed by atoms with van der Waals surface area (Å²) in [5, 5.41) is 2.97. The van der Waals surface area contributed by atoms with Crippen LogP contribution in [0.2, 0.25) is 0 Å². The molecule has 0 aromatic heterocycles. The van der Waals surface area contributed by atoms with Gasteiger partial charge in [-0.2, -0.15) is 0 Å². The van der Waals surface area contributed by atoms with E-state index in [1.165, 1.54) is 11.1 Å². The molecule has 102 valence electrons. The number of hydrogen-bond donors (Lipinski definition) is 1. The molecule has 1 aliphatic rings. The molecular weight excluding hydrogens is 250 g/mol. The van der Waals surface area contributed by atoms with Crippen molar-refractivity contribution in [2.45, 2.75) is 19.9 Å². The third-order valence-corrected chi connectivity index (χ3v) is 3.78. The minimum Gasteiger partial charge on any atom is -0.497 e. The summed E-state index contributed by atoms with van der Waals surface area (Å²) in [5.74, 6) is 0.653. The van der Waals surface area contributed by atoms with Gasteiger partial charge in [-0.05, 0) is 46.9 Å². The molecule has 0 unspecified atom stereocenters. The topological polar surface area (TPSA) is 38.3 Å². The smallest absolute Gasteiger partial charge is 0.252 e. The Kier molecular flexibility index (Phi) is 3.18. The number of nitrogens with one attached hydrogen (secondary N) is 1. The number of fused-ring (bicyclic) bond motifs is 3. The fraction of sp³-hybridized carbons (Fsp3) is 0.235. The summed E-state index contributed by atoms with van der Waals surface area (Å²) in [6, 6.07) is 12.1. The molecule has 0 saturated heterocycles. The Morgan fingerprint density at radius 2 is 1.90 bits per heavy atom. The largest absolute Gasteiger partial charge is 0.497 e. The summed E-state index contributed by atoms with van der Waals surface area (Å²) in [7, 11) is 1.61. The van der Waals surface area contributed by atoms with Crippen molar-refractivity contribution in [2.75, 3.05) is 7.11 Å². The Bertz CT molecular complexity index is 677. The van der Waals surface area contributed by atoms with Crippen molar-refractivity contribution in [3.8, 4) is 16.9 Å². The maximum Gasteiger partial charge on any atom is 0.252 e. The van der Waals surface area contributed by atoms with Crippen molar-refractivity contribution in [1.29, 1.82) is 0 Å². The van der Waals surface area contributed by atoms with E-state index in [1.54, 1.807) is 13.2 Å². The van der Waals surface area contributed by atoms with Crippen LogP contribution in [0, 0.1) is 0 Å². The van der Waals surface area contributed by atoms with Gasteiger partial charge in [0, 0.05) is 6.54 Å². The average Bonchev–Trinajstić information content (AvgIpc) is 2.64. The first-order valence-corrected chi connectivity index (χ1v) is 6.81. The lowest BCUT2D eigenvalue weighted by Gasteiger charge is -2.10. The molecule has 3 nitrogen and oxygen atoms in total. The fourth-order valence-electron chi connectivity index (χ4n) is 2.62. The third-order valence-electron chi connectivity index (χ3n) is 3.78. The van der Waals surface area contributed by atoms with Crippen molar-refractivity contribution in [3.63, 3.8) is 0 Å². The molecule has 2 aromatic rings. The van der Waals surface area contributed by atoms with E-state index < -0.39 is 0 Å². The summed E-state index contributed by atoms with van der Waals surface area (Å²) < 4.78 is 5.21. The predicted molar refractivity (Wildman–Crippen MR) is 79.0 cm³/mol. The van der Waals surface area contributed by atoms with Crippen molar-refractivity contribution in [3.05, 3.63) is 53.1 Å². The predicted octanol–water partition coefficient (Wildman–Crippen LogP) is 3.17. The second kappa shape index (κ2) is 5.00. The van der Waals surface area contributed by atoms with E-state index in [0.717, 1.165) is 17.5 Å². The molecule has 0 saturated carbocycles. The first-order valence-electron chi connectivity index (χ1n) is 6.81. The van der Waals surface area contributed by atoms with Crippen LogP contribution in [-0.4, -0.2) is 13.0 Å². The van der Waals surface area contributed by atoms with Crippen LogP contribution in [0.15, 0.2) is 36.4 Å². The van der Waals surface area contributed by atoms with Gasteiger partial charge in [0.05, 0.1) is 12.7 Å². The first kappa shape index (κ1) is 12.7. The van der Waals surface area contributed by atoms with Gasteiger partial charge in [0.25, 0.3) is 5.91 Å². The van der Waals surface area contributed by atoms with Gasteiger partial charge in [0.15, 0.2) is 0 Å². The molecule has 0 spiro atoms. The van der Waals surface area contributed by atoms with Crippen LogP contribution >= 0.6 is 0 Å². The lowest BCUT2D eigenvalue weighted by Crippen LogP contribution is -2.21. The second-order valence-corrected chi connectivity index (χ2v) is 4.94. The summed E-state index contributed by atoms with van der Waals surface area (Å²) >= 11 is 0. The zero-order valence-electron chi connectivity index (χ0n) is 11.7. The molecule has 1 amide bonds. The molecule has 0 radical (unpaired) electrons.